The minimum absolute atomic E-state index is 0.00158. The van der Waals surface area contributed by atoms with Crippen LogP contribution in [-0.2, 0) is 28.0 Å². The highest BCUT2D eigenvalue weighted by molar-refractivity contribution is 6.05. The second-order valence-electron chi connectivity index (χ2n) is 6.76. The Morgan fingerprint density at radius 3 is 2.72 bits per heavy atom. The lowest BCUT2D eigenvalue weighted by molar-refractivity contribution is -0.121. The Bertz CT molecular complexity index is 827. The lowest BCUT2D eigenvalue weighted by atomic mass is 9.85. The van der Waals surface area contributed by atoms with Gasteiger partial charge in [-0.1, -0.05) is 24.3 Å². The summed E-state index contributed by atoms with van der Waals surface area (Å²) in [6.07, 6.45) is 0.299. The van der Waals surface area contributed by atoms with E-state index in [1.807, 2.05) is 56.3 Å². The molecule has 0 spiro atoms. The molecular weight excluding hydrogens is 316 g/mol. The molecule has 3 rings (SSSR count). The van der Waals surface area contributed by atoms with E-state index in [1.165, 1.54) is 0 Å². The number of benzene rings is 2. The van der Waals surface area contributed by atoms with Gasteiger partial charge in [-0.3, -0.25) is 9.59 Å². The summed E-state index contributed by atoms with van der Waals surface area (Å²) >= 11 is 0. The van der Waals surface area contributed by atoms with Crippen molar-refractivity contribution >= 4 is 17.5 Å². The van der Waals surface area contributed by atoms with Crippen LogP contribution in [0.15, 0.2) is 42.5 Å². The van der Waals surface area contributed by atoms with E-state index in [0.29, 0.717) is 13.0 Å². The van der Waals surface area contributed by atoms with Crippen molar-refractivity contribution < 1.29 is 14.3 Å². The maximum absolute atomic E-state index is 12.2. The summed E-state index contributed by atoms with van der Waals surface area (Å²) in [5, 5.41) is 5.81. The van der Waals surface area contributed by atoms with Gasteiger partial charge in [0.15, 0.2) is 0 Å². The molecule has 2 aromatic carbocycles. The molecule has 0 bridgehead atoms. The van der Waals surface area contributed by atoms with E-state index in [4.69, 9.17) is 4.74 Å². The van der Waals surface area contributed by atoms with E-state index in [9.17, 15) is 9.59 Å². The maximum atomic E-state index is 12.2. The molecule has 5 nitrogen and oxygen atoms in total. The van der Waals surface area contributed by atoms with Crippen LogP contribution in [0.3, 0.4) is 0 Å². The molecule has 25 heavy (non-hydrogen) atoms. The summed E-state index contributed by atoms with van der Waals surface area (Å²) in [5.74, 6) is 0.687. The summed E-state index contributed by atoms with van der Waals surface area (Å²) in [6, 6.07) is 13.3. The zero-order chi connectivity index (χ0) is 18.0. The molecule has 1 aliphatic heterocycles. The van der Waals surface area contributed by atoms with E-state index in [1.54, 1.807) is 7.11 Å². The van der Waals surface area contributed by atoms with Crippen LogP contribution in [0.25, 0.3) is 0 Å². The van der Waals surface area contributed by atoms with Crippen molar-refractivity contribution in [1.82, 2.24) is 5.32 Å². The Balaban J connectivity index is 1.63. The minimum atomic E-state index is -0.546. The van der Waals surface area contributed by atoms with Crippen molar-refractivity contribution in [3.63, 3.8) is 0 Å². The van der Waals surface area contributed by atoms with E-state index >= 15 is 0 Å². The number of hydrogen-bond acceptors (Lipinski definition) is 3. The van der Waals surface area contributed by atoms with Gasteiger partial charge >= 0.3 is 0 Å². The highest BCUT2D eigenvalue weighted by Crippen LogP contribution is 2.37. The fourth-order valence-electron chi connectivity index (χ4n) is 2.96. The normalized spacial score (nSPS) is 14.6. The molecule has 1 aliphatic rings. The largest absolute Gasteiger partial charge is 0.497 e. The zero-order valence-corrected chi connectivity index (χ0v) is 14.7. The Morgan fingerprint density at radius 1 is 1.16 bits per heavy atom. The SMILES string of the molecule is COc1cccc(CC(=O)NCc2ccc3c(c2)C(C)(C)C(=O)N3)c1. The highest BCUT2D eigenvalue weighted by Gasteiger charge is 2.38. The summed E-state index contributed by atoms with van der Waals surface area (Å²) < 4.78 is 5.17. The van der Waals surface area contributed by atoms with E-state index in [0.717, 1.165) is 28.1 Å². The molecule has 0 unspecified atom stereocenters. The van der Waals surface area contributed by atoms with Gasteiger partial charge in [0, 0.05) is 12.2 Å². The second kappa shape index (κ2) is 6.59. The molecule has 130 valence electrons. The molecular formula is C20H22N2O3. The smallest absolute Gasteiger partial charge is 0.234 e. The van der Waals surface area contributed by atoms with Crippen molar-refractivity contribution in [1.29, 1.82) is 0 Å². The number of carbonyl (C=O) groups is 2. The van der Waals surface area contributed by atoms with Gasteiger partial charge in [-0.15, -0.1) is 0 Å². The third kappa shape index (κ3) is 3.50. The van der Waals surface area contributed by atoms with Crippen molar-refractivity contribution in [2.24, 2.45) is 0 Å². The van der Waals surface area contributed by atoms with Crippen LogP contribution in [-0.4, -0.2) is 18.9 Å². The van der Waals surface area contributed by atoms with Crippen molar-refractivity contribution in [2.75, 3.05) is 12.4 Å². The quantitative estimate of drug-likeness (QED) is 0.881. The third-order valence-corrected chi connectivity index (χ3v) is 4.56. The fourth-order valence-corrected chi connectivity index (χ4v) is 2.96. The molecule has 2 N–H and O–H groups in total. The molecule has 0 saturated carbocycles. The molecule has 1 heterocycles. The molecule has 0 aromatic heterocycles. The van der Waals surface area contributed by atoms with Crippen molar-refractivity contribution in [2.45, 2.75) is 32.2 Å². The summed E-state index contributed by atoms with van der Waals surface area (Å²) in [6.45, 7) is 4.24. The molecule has 2 amide bonds. The lowest BCUT2D eigenvalue weighted by Crippen LogP contribution is -2.27. The van der Waals surface area contributed by atoms with Crippen molar-refractivity contribution in [3.05, 3.63) is 59.2 Å². The monoisotopic (exact) mass is 338 g/mol. The number of hydrogen-bond donors (Lipinski definition) is 2. The molecule has 2 aromatic rings. The number of methoxy groups -OCH3 is 1. The number of carbonyl (C=O) groups excluding carboxylic acids is 2. The van der Waals surface area contributed by atoms with Crippen LogP contribution in [0.4, 0.5) is 5.69 Å². The molecule has 0 fully saturated rings. The Hall–Kier alpha value is -2.82. The summed E-state index contributed by atoms with van der Waals surface area (Å²) in [5.41, 5.74) is 3.15. The number of ether oxygens (including phenoxy) is 1. The van der Waals surface area contributed by atoms with Gasteiger partial charge < -0.3 is 15.4 Å². The lowest BCUT2D eigenvalue weighted by Gasteiger charge is -2.16. The van der Waals surface area contributed by atoms with Gasteiger partial charge in [0.05, 0.1) is 18.9 Å². The molecule has 0 atom stereocenters. The van der Waals surface area contributed by atoms with Gasteiger partial charge in [-0.25, -0.2) is 0 Å². The Labute approximate surface area is 147 Å². The first-order valence-corrected chi connectivity index (χ1v) is 8.24. The average Bonchev–Trinajstić information content (AvgIpc) is 2.82. The maximum Gasteiger partial charge on any atom is 0.234 e. The Kier molecular flexibility index (Phi) is 4.49. The van der Waals surface area contributed by atoms with Crippen LogP contribution >= 0.6 is 0 Å². The van der Waals surface area contributed by atoms with Gasteiger partial charge in [-0.05, 0) is 48.7 Å². The molecule has 5 heteroatoms. The van der Waals surface area contributed by atoms with Crippen LogP contribution in [0.5, 0.6) is 5.75 Å². The highest BCUT2D eigenvalue weighted by atomic mass is 16.5. The summed E-state index contributed by atoms with van der Waals surface area (Å²) in [4.78, 5) is 24.2. The summed E-state index contributed by atoms with van der Waals surface area (Å²) in [7, 11) is 1.61. The second-order valence-corrected chi connectivity index (χ2v) is 6.76. The number of anilines is 1. The van der Waals surface area contributed by atoms with Crippen LogP contribution in [0.1, 0.15) is 30.5 Å². The first-order chi connectivity index (χ1) is 11.9. The first kappa shape index (κ1) is 17.0. The Morgan fingerprint density at radius 2 is 1.96 bits per heavy atom. The molecule has 0 saturated heterocycles. The predicted octanol–water partition coefficient (Wildman–Crippen LogP) is 2.78. The first-order valence-electron chi connectivity index (χ1n) is 8.24. The molecule has 0 radical (unpaired) electrons. The minimum Gasteiger partial charge on any atom is -0.497 e. The van der Waals surface area contributed by atoms with E-state index in [-0.39, 0.29) is 11.8 Å². The number of fused-ring (bicyclic) bond motifs is 1. The van der Waals surface area contributed by atoms with Gasteiger partial charge in [0.25, 0.3) is 0 Å². The molecule has 0 aliphatic carbocycles. The van der Waals surface area contributed by atoms with Crippen molar-refractivity contribution in [3.8, 4) is 5.75 Å². The van der Waals surface area contributed by atoms with Gasteiger partial charge in [0.2, 0.25) is 11.8 Å². The van der Waals surface area contributed by atoms with Gasteiger partial charge in [-0.2, -0.15) is 0 Å². The van der Waals surface area contributed by atoms with E-state index in [2.05, 4.69) is 10.6 Å². The number of rotatable bonds is 5. The van der Waals surface area contributed by atoms with Crippen LogP contribution in [0, 0.1) is 0 Å². The van der Waals surface area contributed by atoms with Crippen LogP contribution in [0.2, 0.25) is 0 Å². The average molecular weight is 338 g/mol. The fraction of sp³-hybridized carbons (Fsp3) is 0.300. The predicted molar refractivity (Wildman–Crippen MR) is 96.6 cm³/mol. The van der Waals surface area contributed by atoms with Crippen LogP contribution < -0.4 is 15.4 Å². The number of amides is 2. The van der Waals surface area contributed by atoms with E-state index < -0.39 is 5.41 Å². The zero-order valence-electron chi connectivity index (χ0n) is 14.7. The standard InChI is InChI=1S/C20H22N2O3/c1-20(2)16-10-14(7-8-17(16)22-19(20)24)12-21-18(23)11-13-5-4-6-15(9-13)25-3/h4-10H,11-12H2,1-3H3,(H,21,23)(H,22,24). The third-order valence-electron chi connectivity index (χ3n) is 4.56. The number of nitrogens with one attached hydrogen (secondary N) is 2. The topological polar surface area (TPSA) is 67.4 Å². The van der Waals surface area contributed by atoms with Gasteiger partial charge in [0.1, 0.15) is 5.75 Å².